The maximum Gasteiger partial charge on any atom is 0.257 e. The van der Waals surface area contributed by atoms with E-state index < -0.39 is 0 Å². The summed E-state index contributed by atoms with van der Waals surface area (Å²) in [7, 11) is 1.56. The van der Waals surface area contributed by atoms with Gasteiger partial charge in [0.1, 0.15) is 0 Å². The Morgan fingerprint density at radius 2 is 2.15 bits per heavy atom. The molecule has 0 unspecified atom stereocenters. The lowest BCUT2D eigenvalue weighted by molar-refractivity contribution is 0.102. The first-order valence-corrected chi connectivity index (χ1v) is 9.57. The van der Waals surface area contributed by atoms with Crippen molar-refractivity contribution in [1.82, 2.24) is 9.97 Å². The molecule has 0 atom stereocenters. The van der Waals surface area contributed by atoms with Crippen molar-refractivity contribution in [3.8, 4) is 22.8 Å². The number of nitrogens with zero attached hydrogens (tertiary/aromatic N) is 2. The van der Waals surface area contributed by atoms with Crippen LogP contribution in [0.4, 0.5) is 5.13 Å². The summed E-state index contributed by atoms with van der Waals surface area (Å²) >= 11 is 1.37. The van der Waals surface area contributed by atoms with E-state index in [-0.39, 0.29) is 5.91 Å². The molecule has 27 heavy (non-hydrogen) atoms. The third kappa shape index (κ3) is 4.83. The third-order valence-electron chi connectivity index (χ3n) is 3.86. The fraction of sp³-hybridized carbons (Fsp3) is 0.250. The Morgan fingerprint density at radius 3 is 2.89 bits per heavy atom. The molecule has 2 aromatic heterocycles. The summed E-state index contributed by atoms with van der Waals surface area (Å²) in [6.07, 6.45) is 5.47. The van der Waals surface area contributed by atoms with Crippen LogP contribution in [0.25, 0.3) is 11.3 Å². The van der Waals surface area contributed by atoms with Crippen LogP contribution in [0.3, 0.4) is 0 Å². The molecule has 0 saturated heterocycles. The standard InChI is InChI=1S/C20H21N3O3S/c1-3-4-10-26-17-8-7-14(11-18(17)25-2)19(24)23-20-22-16(13-27-20)15-6-5-9-21-12-15/h5-9,11-13H,3-4,10H2,1-2H3,(H,22,23,24). The summed E-state index contributed by atoms with van der Waals surface area (Å²) < 4.78 is 11.1. The van der Waals surface area contributed by atoms with E-state index in [4.69, 9.17) is 9.47 Å². The van der Waals surface area contributed by atoms with Gasteiger partial charge in [0, 0.05) is 28.9 Å². The summed E-state index contributed by atoms with van der Waals surface area (Å²) in [4.78, 5) is 21.1. The minimum absolute atomic E-state index is 0.250. The monoisotopic (exact) mass is 383 g/mol. The van der Waals surface area contributed by atoms with E-state index in [0.29, 0.717) is 28.8 Å². The van der Waals surface area contributed by atoms with Crippen LogP contribution in [0.2, 0.25) is 0 Å². The number of hydrogen-bond acceptors (Lipinski definition) is 6. The molecule has 0 aliphatic heterocycles. The zero-order valence-electron chi connectivity index (χ0n) is 15.3. The smallest absolute Gasteiger partial charge is 0.257 e. The van der Waals surface area contributed by atoms with Gasteiger partial charge in [-0.05, 0) is 36.8 Å². The molecule has 0 aliphatic rings. The molecule has 3 rings (SSSR count). The number of ether oxygens (including phenoxy) is 2. The fourth-order valence-electron chi connectivity index (χ4n) is 2.40. The third-order valence-corrected chi connectivity index (χ3v) is 4.62. The predicted molar refractivity (Wildman–Crippen MR) is 107 cm³/mol. The van der Waals surface area contributed by atoms with Crippen LogP contribution in [0.15, 0.2) is 48.1 Å². The second-order valence-corrected chi connectivity index (χ2v) is 6.66. The van der Waals surface area contributed by atoms with Crippen LogP contribution < -0.4 is 14.8 Å². The second kappa shape index (κ2) is 9.14. The molecule has 2 heterocycles. The highest BCUT2D eigenvalue weighted by Gasteiger charge is 2.13. The van der Waals surface area contributed by atoms with Crippen LogP contribution >= 0.6 is 11.3 Å². The number of methoxy groups -OCH3 is 1. The van der Waals surface area contributed by atoms with Crippen molar-refractivity contribution >= 4 is 22.4 Å². The summed E-state index contributed by atoms with van der Waals surface area (Å²) in [5.74, 6) is 0.921. The largest absolute Gasteiger partial charge is 0.493 e. The first-order chi connectivity index (χ1) is 13.2. The minimum atomic E-state index is -0.250. The highest BCUT2D eigenvalue weighted by molar-refractivity contribution is 7.14. The fourth-order valence-corrected chi connectivity index (χ4v) is 3.12. The molecular weight excluding hydrogens is 362 g/mol. The van der Waals surface area contributed by atoms with Crippen molar-refractivity contribution in [2.24, 2.45) is 0 Å². The van der Waals surface area contributed by atoms with E-state index in [9.17, 15) is 4.79 Å². The number of benzene rings is 1. The van der Waals surface area contributed by atoms with Gasteiger partial charge in [0.2, 0.25) is 0 Å². The lowest BCUT2D eigenvalue weighted by Gasteiger charge is -2.11. The molecule has 0 aliphatic carbocycles. The number of carbonyl (C=O) groups is 1. The van der Waals surface area contributed by atoms with Crippen molar-refractivity contribution < 1.29 is 14.3 Å². The van der Waals surface area contributed by atoms with Gasteiger partial charge in [-0.3, -0.25) is 15.1 Å². The average Bonchev–Trinajstić information content (AvgIpc) is 3.17. The topological polar surface area (TPSA) is 73.3 Å². The van der Waals surface area contributed by atoms with Crippen LogP contribution in [0, 0.1) is 0 Å². The van der Waals surface area contributed by atoms with Gasteiger partial charge in [-0.15, -0.1) is 11.3 Å². The van der Waals surface area contributed by atoms with Gasteiger partial charge < -0.3 is 9.47 Å². The summed E-state index contributed by atoms with van der Waals surface area (Å²) in [6.45, 7) is 2.72. The molecule has 1 N–H and O–H groups in total. The molecule has 0 saturated carbocycles. The molecule has 0 spiro atoms. The summed E-state index contributed by atoms with van der Waals surface area (Å²) in [6, 6.07) is 8.92. The number of unbranched alkanes of at least 4 members (excludes halogenated alkanes) is 1. The summed E-state index contributed by atoms with van der Waals surface area (Å²) in [5, 5.41) is 5.24. The number of amides is 1. The first-order valence-electron chi connectivity index (χ1n) is 8.69. The second-order valence-electron chi connectivity index (χ2n) is 5.80. The quantitative estimate of drug-likeness (QED) is 0.574. The Bertz CT molecular complexity index is 896. The van der Waals surface area contributed by atoms with Crippen LogP contribution in [-0.4, -0.2) is 29.6 Å². The highest BCUT2D eigenvalue weighted by Crippen LogP contribution is 2.29. The van der Waals surface area contributed by atoms with Gasteiger partial charge in [-0.1, -0.05) is 13.3 Å². The lowest BCUT2D eigenvalue weighted by Crippen LogP contribution is -2.12. The number of pyridine rings is 1. The van der Waals surface area contributed by atoms with E-state index in [1.54, 1.807) is 37.7 Å². The number of nitrogens with one attached hydrogen (secondary N) is 1. The minimum Gasteiger partial charge on any atom is -0.493 e. The van der Waals surface area contributed by atoms with Gasteiger partial charge in [0.25, 0.3) is 5.91 Å². The number of thiazole rings is 1. The average molecular weight is 383 g/mol. The first kappa shape index (κ1) is 18.8. The van der Waals surface area contributed by atoms with Crippen molar-refractivity contribution in [2.75, 3.05) is 19.0 Å². The van der Waals surface area contributed by atoms with E-state index in [1.807, 2.05) is 17.5 Å². The number of rotatable bonds is 8. The van der Waals surface area contributed by atoms with Crippen LogP contribution in [0.1, 0.15) is 30.1 Å². The number of carbonyl (C=O) groups excluding carboxylic acids is 1. The van der Waals surface area contributed by atoms with E-state index in [1.165, 1.54) is 11.3 Å². The molecular formula is C20H21N3O3S. The molecule has 1 amide bonds. The molecule has 1 aromatic carbocycles. The van der Waals surface area contributed by atoms with Gasteiger partial charge in [-0.25, -0.2) is 4.98 Å². The van der Waals surface area contributed by atoms with E-state index in [0.717, 1.165) is 24.1 Å². The van der Waals surface area contributed by atoms with E-state index in [2.05, 4.69) is 22.2 Å². The Labute approximate surface area is 162 Å². The van der Waals surface area contributed by atoms with Crippen molar-refractivity contribution in [2.45, 2.75) is 19.8 Å². The Hall–Kier alpha value is -2.93. The molecule has 140 valence electrons. The molecule has 3 aromatic rings. The Morgan fingerprint density at radius 1 is 1.26 bits per heavy atom. The predicted octanol–water partition coefficient (Wildman–Crippen LogP) is 4.64. The molecule has 7 heteroatoms. The number of anilines is 1. The molecule has 0 bridgehead atoms. The van der Waals surface area contributed by atoms with Gasteiger partial charge >= 0.3 is 0 Å². The van der Waals surface area contributed by atoms with E-state index >= 15 is 0 Å². The van der Waals surface area contributed by atoms with Crippen LogP contribution in [-0.2, 0) is 0 Å². The molecule has 0 fully saturated rings. The highest BCUT2D eigenvalue weighted by atomic mass is 32.1. The van der Waals surface area contributed by atoms with Crippen molar-refractivity contribution in [3.63, 3.8) is 0 Å². The Balaban J connectivity index is 1.70. The van der Waals surface area contributed by atoms with Gasteiger partial charge in [0.05, 0.1) is 19.4 Å². The lowest BCUT2D eigenvalue weighted by atomic mass is 10.2. The maximum atomic E-state index is 12.5. The van der Waals surface area contributed by atoms with Crippen molar-refractivity contribution in [1.29, 1.82) is 0 Å². The zero-order chi connectivity index (χ0) is 19.1. The van der Waals surface area contributed by atoms with Crippen molar-refractivity contribution in [3.05, 3.63) is 53.7 Å². The normalized spacial score (nSPS) is 10.4. The molecule has 6 nitrogen and oxygen atoms in total. The Kier molecular flexibility index (Phi) is 6.38. The van der Waals surface area contributed by atoms with Gasteiger partial charge in [0.15, 0.2) is 16.6 Å². The van der Waals surface area contributed by atoms with Gasteiger partial charge in [-0.2, -0.15) is 0 Å². The number of hydrogen-bond donors (Lipinski definition) is 1. The SMILES string of the molecule is CCCCOc1ccc(C(=O)Nc2nc(-c3cccnc3)cs2)cc1OC. The maximum absolute atomic E-state index is 12.5. The van der Waals surface area contributed by atoms with Crippen LogP contribution in [0.5, 0.6) is 11.5 Å². The summed E-state index contributed by atoms with van der Waals surface area (Å²) in [5.41, 5.74) is 2.16. The number of aromatic nitrogens is 2. The molecule has 0 radical (unpaired) electrons. The zero-order valence-corrected chi connectivity index (χ0v) is 16.1.